The topological polar surface area (TPSA) is 38.3 Å². The molecular formula is C13H25NO2. The van der Waals surface area contributed by atoms with E-state index in [2.05, 4.69) is 12.2 Å². The third-order valence-corrected chi connectivity index (χ3v) is 3.52. The van der Waals surface area contributed by atoms with Crippen molar-refractivity contribution in [3.8, 4) is 0 Å². The van der Waals surface area contributed by atoms with Crippen LogP contribution in [0.1, 0.15) is 52.9 Å². The molecule has 0 radical (unpaired) electrons. The highest BCUT2D eigenvalue weighted by atomic mass is 16.5. The van der Waals surface area contributed by atoms with Crippen molar-refractivity contribution in [3.63, 3.8) is 0 Å². The Hall–Kier alpha value is -0.570. The van der Waals surface area contributed by atoms with E-state index in [9.17, 15) is 4.79 Å². The highest BCUT2D eigenvalue weighted by Crippen LogP contribution is 2.24. The fourth-order valence-electron chi connectivity index (χ4n) is 2.46. The van der Waals surface area contributed by atoms with E-state index in [1.807, 2.05) is 13.8 Å². The summed E-state index contributed by atoms with van der Waals surface area (Å²) in [7, 11) is 1.45. The van der Waals surface area contributed by atoms with E-state index in [1.165, 1.54) is 39.2 Å². The maximum Gasteiger partial charge on any atom is 0.325 e. The molecule has 1 aliphatic rings. The Labute approximate surface area is 98.9 Å². The zero-order valence-corrected chi connectivity index (χ0v) is 11.0. The molecule has 0 heterocycles. The second-order valence-corrected chi connectivity index (χ2v) is 5.57. The first-order valence-corrected chi connectivity index (χ1v) is 6.32. The zero-order valence-electron chi connectivity index (χ0n) is 11.0. The van der Waals surface area contributed by atoms with Crippen LogP contribution < -0.4 is 5.32 Å². The summed E-state index contributed by atoms with van der Waals surface area (Å²) < 4.78 is 4.81. The van der Waals surface area contributed by atoms with Gasteiger partial charge in [-0.1, -0.05) is 19.8 Å². The first-order chi connectivity index (χ1) is 7.45. The Morgan fingerprint density at radius 3 is 2.56 bits per heavy atom. The number of carbonyl (C=O) groups excluding carboxylic acids is 1. The van der Waals surface area contributed by atoms with Crippen LogP contribution in [0.4, 0.5) is 0 Å². The van der Waals surface area contributed by atoms with Gasteiger partial charge in [0.25, 0.3) is 0 Å². The average molecular weight is 227 g/mol. The standard InChI is InChI=1S/C13H25NO2/c1-10-6-5-7-11(9-8-10)14-13(2,3)12(15)16-4/h10-11,14H,5-9H2,1-4H3. The Morgan fingerprint density at radius 1 is 1.25 bits per heavy atom. The van der Waals surface area contributed by atoms with Crippen molar-refractivity contribution in [2.75, 3.05) is 7.11 Å². The van der Waals surface area contributed by atoms with Gasteiger partial charge in [0.05, 0.1) is 7.11 Å². The number of hydrogen-bond acceptors (Lipinski definition) is 3. The van der Waals surface area contributed by atoms with Gasteiger partial charge in [-0.15, -0.1) is 0 Å². The van der Waals surface area contributed by atoms with Gasteiger partial charge in [-0.05, 0) is 39.0 Å². The molecule has 3 nitrogen and oxygen atoms in total. The molecule has 0 aromatic carbocycles. The molecule has 16 heavy (non-hydrogen) atoms. The largest absolute Gasteiger partial charge is 0.468 e. The van der Waals surface area contributed by atoms with Crippen LogP contribution in [0.25, 0.3) is 0 Å². The fourth-order valence-corrected chi connectivity index (χ4v) is 2.46. The third-order valence-electron chi connectivity index (χ3n) is 3.52. The van der Waals surface area contributed by atoms with Crippen LogP contribution >= 0.6 is 0 Å². The summed E-state index contributed by atoms with van der Waals surface area (Å²) in [6, 6.07) is 0.457. The molecule has 1 aliphatic carbocycles. The van der Waals surface area contributed by atoms with E-state index >= 15 is 0 Å². The normalized spacial score (nSPS) is 27.2. The number of methoxy groups -OCH3 is 1. The minimum absolute atomic E-state index is 0.176. The second-order valence-electron chi connectivity index (χ2n) is 5.57. The molecule has 1 fully saturated rings. The minimum atomic E-state index is -0.563. The number of hydrogen-bond donors (Lipinski definition) is 1. The van der Waals surface area contributed by atoms with Gasteiger partial charge in [-0.2, -0.15) is 0 Å². The quantitative estimate of drug-likeness (QED) is 0.594. The second kappa shape index (κ2) is 5.67. The molecule has 0 aliphatic heterocycles. The molecule has 1 rings (SSSR count). The van der Waals surface area contributed by atoms with Crippen molar-refractivity contribution >= 4 is 5.97 Å². The summed E-state index contributed by atoms with van der Waals surface area (Å²) >= 11 is 0. The van der Waals surface area contributed by atoms with Gasteiger partial charge < -0.3 is 4.74 Å². The molecule has 3 heteroatoms. The predicted molar refractivity (Wildman–Crippen MR) is 65.3 cm³/mol. The summed E-state index contributed by atoms with van der Waals surface area (Å²) in [6.45, 7) is 6.11. The molecule has 0 spiro atoms. The molecule has 94 valence electrons. The van der Waals surface area contributed by atoms with Crippen LogP contribution in [-0.4, -0.2) is 24.7 Å². The van der Waals surface area contributed by atoms with Crippen molar-refractivity contribution in [1.82, 2.24) is 5.32 Å². The van der Waals surface area contributed by atoms with E-state index in [0.29, 0.717) is 6.04 Å². The van der Waals surface area contributed by atoms with Crippen LogP contribution in [0.15, 0.2) is 0 Å². The Balaban J connectivity index is 2.49. The van der Waals surface area contributed by atoms with Gasteiger partial charge in [0, 0.05) is 6.04 Å². The maximum absolute atomic E-state index is 11.6. The van der Waals surface area contributed by atoms with Gasteiger partial charge in [0.15, 0.2) is 0 Å². The molecular weight excluding hydrogens is 202 g/mol. The van der Waals surface area contributed by atoms with E-state index in [0.717, 1.165) is 5.92 Å². The molecule has 1 saturated carbocycles. The molecule has 0 amide bonds. The number of esters is 1. The first kappa shape index (κ1) is 13.5. The summed E-state index contributed by atoms with van der Waals surface area (Å²) in [6.07, 6.45) is 6.17. The minimum Gasteiger partial charge on any atom is -0.468 e. The molecule has 0 saturated heterocycles. The maximum atomic E-state index is 11.6. The zero-order chi connectivity index (χ0) is 12.2. The summed E-state index contributed by atoms with van der Waals surface area (Å²) in [5.74, 6) is 0.651. The van der Waals surface area contributed by atoms with Crippen LogP contribution in [0.2, 0.25) is 0 Å². The van der Waals surface area contributed by atoms with Gasteiger partial charge in [-0.25, -0.2) is 0 Å². The van der Waals surface area contributed by atoms with Crippen molar-refractivity contribution in [2.24, 2.45) is 5.92 Å². The monoisotopic (exact) mass is 227 g/mol. The smallest absolute Gasteiger partial charge is 0.325 e. The Bertz CT molecular complexity index is 238. The average Bonchev–Trinajstić information content (AvgIpc) is 2.42. The van der Waals surface area contributed by atoms with Crippen molar-refractivity contribution in [3.05, 3.63) is 0 Å². The van der Waals surface area contributed by atoms with Gasteiger partial charge in [-0.3, -0.25) is 10.1 Å². The predicted octanol–water partition coefficient (Wildman–Crippen LogP) is 2.50. The van der Waals surface area contributed by atoms with Crippen molar-refractivity contribution < 1.29 is 9.53 Å². The van der Waals surface area contributed by atoms with Gasteiger partial charge in [0.1, 0.15) is 5.54 Å². The lowest BCUT2D eigenvalue weighted by molar-refractivity contribution is -0.147. The van der Waals surface area contributed by atoms with Gasteiger partial charge >= 0.3 is 5.97 Å². The van der Waals surface area contributed by atoms with Crippen LogP contribution in [0.3, 0.4) is 0 Å². The number of rotatable bonds is 3. The van der Waals surface area contributed by atoms with Crippen molar-refractivity contribution in [1.29, 1.82) is 0 Å². The SMILES string of the molecule is COC(=O)C(C)(C)NC1CCCC(C)CC1. The van der Waals surface area contributed by atoms with E-state index < -0.39 is 5.54 Å². The Morgan fingerprint density at radius 2 is 1.94 bits per heavy atom. The lowest BCUT2D eigenvalue weighted by Gasteiger charge is -2.29. The summed E-state index contributed by atoms with van der Waals surface area (Å²) in [5, 5.41) is 3.43. The molecule has 0 aromatic rings. The highest BCUT2D eigenvalue weighted by Gasteiger charge is 2.31. The summed E-state index contributed by atoms with van der Waals surface area (Å²) in [4.78, 5) is 11.6. The lowest BCUT2D eigenvalue weighted by atomic mass is 10.00. The number of nitrogens with one attached hydrogen (secondary N) is 1. The van der Waals surface area contributed by atoms with Crippen molar-refractivity contribution in [2.45, 2.75) is 64.5 Å². The number of carbonyl (C=O) groups is 1. The molecule has 0 aromatic heterocycles. The third kappa shape index (κ3) is 3.78. The molecule has 0 bridgehead atoms. The van der Waals surface area contributed by atoms with Crippen LogP contribution in [0.5, 0.6) is 0 Å². The van der Waals surface area contributed by atoms with E-state index in [-0.39, 0.29) is 5.97 Å². The molecule has 2 atom stereocenters. The molecule has 2 unspecified atom stereocenters. The van der Waals surface area contributed by atoms with Crippen LogP contribution in [0, 0.1) is 5.92 Å². The summed E-state index contributed by atoms with van der Waals surface area (Å²) in [5.41, 5.74) is -0.563. The molecule has 1 N–H and O–H groups in total. The lowest BCUT2D eigenvalue weighted by Crippen LogP contribution is -2.52. The Kier molecular flexibility index (Phi) is 4.78. The van der Waals surface area contributed by atoms with Gasteiger partial charge in [0.2, 0.25) is 0 Å². The number of ether oxygens (including phenoxy) is 1. The van der Waals surface area contributed by atoms with E-state index in [4.69, 9.17) is 4.74 Å². The first-order valence-electron chi connectivity index (χ1n) is 6.32. The van der Waals surface area contributed by atoms with E-state index in [1.54, 1.807) is 0 Å². The highest BCUT2D eigenvalue weighted by molar-refractivity contribution is 5.79. The fraction of sp³-hybridized carbons (Fsp3) is 0.923. The van der Waals surface area contributed by atoms with Crippen LogP contribution in [-0.2, 0) is 9.53 Å².